The molecule has 0 atom stereocenters. The molecule has 6 nitrogen and oxygen atoms in total. The van der Waals surface area contributed by atoms with E-state index in [9.17, 15) is 4.79 Å². The molecular formula is C23H28N4O2. The van der Waals surface area contributed by atoms with E-state index >= 15 is 0 Å². The first-order valence-electron chi connectivity index (χ1n) is 10.2. The smallest absolute Gasteiger partial charge is 0.256 e. The molecule has 0 radical (unpaired) electrons. The Labute approximate surface area is 171 Å². The lowest BCUT2D eigenvalue weighted by molar-refractivity contribution is 0.0599. The highest BCUT2D eigenvalue weighted by Crippen LogP contribution is 2.26. The minimum absolute atomic E-state index is 0.122. The standard InChI is InChI=1S/C23H28N4O2/c1-14-5-6-21-19(11-14)20(12-15(2)24-21)23(28)25-22-16(3)26-27(17(22)4)13-18-7-9-29-10-8-18/h5-6,11-12,18H,7-10,13H2,1-4H3,(H,25,28). The van der Waals surface area contributed by atoms with Crippen LogP contribution in [0, 0.1) is 33.6 Å². The summed E-state index contributed by atoms with van der Waals surface area (Å²) in [5.74, 6) is 0.447. The fourth-order valence-corrected chi connectivity index (χ4v) is 4.07. The Kier molecular flexibility index (Phi) is 5.37. The number of ether oxygens (including phenoxy) is 1. The molecule has 2 aromatic heterocycles. The number of hydrogen-bond acceptors (Lipinski definition) is 4. The molecule has 152 valence electrons. The van der Waals surface area contributed by atoms with Crippen molar-refractivity contribution in [2.45, 2.75) is 47.1 Å². The van der Waals surface area contributed by atoms with Crippen LogP contribution in [0.15, 0.2) is 24.3 Å². The second-order valence-corrected chi connectivity index (χ2v) is 8.07. The number of pyridine rings is 1. The number of anilines is 1. The Morgan fingerprint density at radius 1 is 1.17 bits per heavy atom. The summed E-state index contributed by atoms with van der Waals surface area (Å²) in [6.07, 6.45) is 2.11. The average molecular weight is 393 g/mol. The van der Waals surface area contributed by atoms with Crippen molar-refractivity contribution in [2.24, 2.45) is 5.92 Å². The van der Waals surface area contributed by atoms with Crippen LogP contribution >= 0.6 is 0 Å². The summed E-state index contributed by atoms with van der Waals surface area (Å²) in [7, 11) is 0. The molecule has 0 spiro atoms. The van der Waals surface area contributed by atoms with E-state index in [1.54, 1.807) is 0 Å². The number of benzene rings is 1. The number of fused-ring (bicyclic) bond motifs is 1. The largest absolute Gasteiger partial charge is 0.381 e. The van der Waals surface area contributed by atoms with Gasteiger partial charge in [0.15, 0.2) is 0 Å². The molecule has 6 heteroatoms. The molecule has 1 saturated heterocycles. The van der Waals surface area contributed by atoms with Crippen LogP contribution in [-0.4, -0.2) is 33.9 Å². The Hall–Kier alpha value is -2.73. The van der Waals surface area contributed by atoms with Crippen molar-refractivity contribution in [1.82, 2.24) is 14.8 Å². The maximum Gasteiger partial charge on any atom is 0.256 e. The van der Waals surface area contributed by atoms with Crippen LogP contribution in [0.3, 0.4) is 0 Å². The zero-order valence-corrected chi connectivity index (χ0v) is 17.6. The lowest BCUT2D eigenvalue weighted by Gasteiger charge is -2.22. The highest BCUT2D eigenvalue weighted by atomic mass is 16.5. The molecule has 1 fully saturated rings. The maximum atomic E-state index is 13.2. The van der Waals surface area contributed by atoms with E-state index in [-0.39, 0.29) is 5.91 Å². The predicted molar refractivity (Wildman–Crippen MR) is 114 cm³/mol. The number of carbonyl (C=O) groups is 1. The van der Waals surface area contributed by atoms with E-state index in [1.807, 2.05) is 56.6 Å². The fourth-order valence-electron chi connectivity index (χ4n) is 4.07. The van der Waals surface area contributed by atoms with E-state index in [0.717, 1.165) is 71.8 Å². The Morgan fingerprint density at radius 2 is 1.93 bits per heavy atom. The molecule has 0 saturated carbocycles. The van der Waals surface area contributed by atoms with Gasteiger partial charge in [-0.05, 0) is 64.7 Å². The molecule has 0 bridgehead atoms. The molecule has 3 heterocycles. The zero-order valence-electron chi connectivity index (χ0n) is 17.6. The lowest BCUT2D eigenvalue weighted by Crippen LogP contribution is -2.21. The Balaban J connectivity index is 1.62. The molecular weight excluding hydrogens is 364 g/mol. The van der Waals surface area contributed by atoms with Crippen LogP contribution in [0.4, 0.5) is 5.69 Å². The minimum Gasteiger partial charge on any atom is -0.381 e. The second kappa shape index (κ2) is 7.95. The molecule has 1 aromatic carbocycles. The highest BCUT2D eigenvalue weighted by molar-refractivity contribution is 6.12. The normalized spacial score (nSPS) is 15.0. The topological polar surface area (TPSA) is 69.0 Å². The van der Waals surface area contributed by atoms with Crippen molar-refractivity contribution in [1.29, 1.82) is 0 Å². The summed E-state index contributed by atoms with van der Waals surface area (Å²) in [5, 5.41) is 8.68. The summed E-state index contributed by atoms with van der Waals surface area (Å²) in [6, 6.07) is 7.86. The van der Waals surface area contributed by atoms with E-state index in [0.29, 0.717) is 11.5 Å². The summed E-state index contributed by atoms with van der Waals surface area (Å²) >= 11 is 0. The molecule has 1 aliphatic rings. The van der Waals surface area contributed by atoms with Crippen molar-refractivity contribution in [3.05, 3.63) is 52.5 Å². The third-order valence-corrected chi connectivity index (χ3v) is 5.73. The van der Waals surface area contributed by atoms with Crippen molar-refractivity contribution >= 4 is 22.5 Å². The molecule has 1 N–H and O–H groups in total. The van der Waals surface area contributed by atoms with E-state index in [4.69, 9.17) is 9.84 Å². The summed E-state index contributed by atoms with van der Waals surface area (Å²) in [4.78, 5) is 17.8. The van der Waals surface area contributed by atoms with Gasteiger partial charge in [0, 0.05) is 30.8 Å². The second-order valence-electron chi connectivity index (χ2n) is 8.07. The molecule has 4 rings (SSSR count). The first-order chi connectivity index (χ1) is 13.9. The van der Waals surface area contributed by atoms with Crippen molar-refractivity contribution in [2.75, 3.05) is 18.5 Å². The Morgan fingerprint density at radius 3 is 2.69 bits per heavy atom. The SMILES string of the molecule is Cc1ccc2nc(C)cc(C(=O)Nc3c(C)nn(CC4CCOCC4)c3C)c2c1. The van der Waals surface area contributed by atoms with E-state index < -0.39 is 0 Å². The van der Waals surface area contributed by atoms with Gasteiger partial charge in [-0.1, -0.05) is 11.6 Å². The zero-order chi connectivity index (χ0) is 20.5. The first-order valence-corrected chi connectivity index (χ1v) is 10.2. The highest BCUT2D eigenvalue weighted by Gasteiger charge is 2.20. The van der Waals surface area contributed by atoms with E-state index in [2.05, 4.69) is 10.3 Å². The summed E-state index contributed by atoms with van der Waals surface area (Å²) < 4.78 is 7.49. The molecule has 1 aliphatic heterocycles. The van der Waals surface area contributed by atoms with Crippen molar-refractivity contribution in [3.63, 3.8) is 0 Å². The van der Waals surface area contributed by atoms with E-state index in [1.165, 1.54) is 0 Å². The number of aromatic nitrogens is 3. The Bertz CT molecular complexity index is 1060. The fraction of sp³-hybridized carbons (Fsp3) is 0.435. The van der Waals surface area contributed by atoms with Crippen LogP contribution in [0.5, 0.6) is 0 Å². The summed E-state index contributed by atoms with van der Waals surface area (Å²) in [5.41, 5.74) is 6.06. The number of amides is 1. The van der Waals surface area contributed by atoms with Crippen molar-refractivity contribution < 1.29 is 9.53 Å². The molecule has 0 unspecified atom stereocenters. The maximum absolute atomic E-state index is 13.2. The van der Waals surface area contributed by atoms with Crippen molar-refractivity contribution in [3.8, 4) is 0 Å². The van der Waals surface area contributed by atoms with Gasteiger partial charge in [-0.25, -0.2) is 0 Å². The van der Waals surface area contributed by atoms with Crippen LogP contribution in [0.25, 0.3) is 10.9 Å². The minimum atomic E-state index is -0.122. The van der Waals surface area contributed by atoms with Gasteiger partial charge in [-0.3, -0.25) is 14.5 Å². The van der Waals surface area contributed by atoms with Gasteiger partial charge in [0.1, 0.15) is 0 Å². The van der Waals surface area contributed by atoms with Gasteiger partial charge in [-0.2, -0.15) is 5.10 Å². The van der Waals surface area contributed by atoms with Crippen LogP contribution in [0.1, 0.15) is 45.8 Å². The first kappa shape index (κ1) is 19.6. The number of nitrogens with one attached hydrogen (secondary N) is 1. The number of rotatable bonds is 4. The van der Waals surface area contributed by atoms with Crippen LogP contribution < -0.4 is 5.32 Å². The number of aryl methyl sites for hydroxylation is 3. The third kappa shape index (κ3) is 4.03. The molecule has 0 aliphatic carbocycles. The quantitative estimate of drug-likeness (QED) is 0.717. The van der Waals surface area contributed by atoms with Gasteiger partial charge >= 0.3 is 0 Å². The number of carbonyl (C=O) groups excluding carboxylic acids is 1. The van der Waals surface area contributed by atoms with Gasteiger partial charge in [0.2, 0.25) is 0 Å². The molecule has 29 heavy (non-hydrogen) atoms. The summed E-state index contributed by atoms with van der Waals surface area (Å²) in [6.45, 7) is 10.4. The predicted octanol–water partition coefficient (Wildman–Crippen LogP) is 4.34. The van der Waals surface area contributed by atoms with Crippen LogP contribution in [-0.2, 0) is 11.3 Å². The molecule has 3 aromatic rings. The van der Waals surface area contributed by atoms with Gasteiger partial charge in [0.05, 0.1) is 28.2 Å². The number of nitrogens with zero attached hydrogens (tertiary/aromatic N) is 3. The van der Waals surface area contributed by atoms with Gasteiger partial charge in [0.25, 0.3) is 5.91 Å². The van der Waals surface area contributed by atoms with Crippen LogP contribution in [0.2, 0.25) is 0 Å². The third-order valence-electron chi connectivity index (χ3n) is 5.73. The number of hydrogen-bond donors (Lipinski definition) is 1. The monoisotopic (exact) mass is 392 g/mol. The average Bonchev–Trinajstić information content (AvgIpc) is 2.96. The molecule has 1 amide bonds. The lowest BCUT2D eigenvalue weighted by atomic mass is 10.0. The van der Waals surface area contributed by atoms with Gasteiger partial charge in [-0.15, -0.1) is 0 Å². The van der Waals surface area contributed by atoms with Gasteiger partial charge < -0.3 is 10.1 Å².